The predicted molar refractivity (Wildman–Crippen MR) is 103 cm³/mol. The second kappa shape index (κ2) is 11.1. The average Bonchev–Trinajstić information content (AvgIpc) is 3.07. The Kier molecular flexibility index (Phi) is 8.87. The normalized spacial score (nSPS) is 10.4. The van der Waals surface area contributed by atoms with Gasteiger partial charge in [0.1, 0.15) is 12.4 Å². The van der Waals surface area contributed by atoms with Gasteiger partial charge in [-0.2, -0.15) is 0 Å². The molecular weight excluding hydrogens is 405 g/mol. The third-order valence-corrected chi connectivity index (χ3v) is 4.95. The van der Waals surface area contributed by atoms with Crippen LogP contribution in [0.4, 0.5) is 0 Å². The summed E-state index contributed by atoms with van der Waals surface area (Å²) in [6, 6.07) is 15.8. The van der Waals surface area contributed by atoms with E-state index in [1.807, 2.05) is 49.5 Å². The van der Waals surface area contributed by atoms with Crippen LogP contribution >= 0.6 is 23.4 Å². The van der Waals surface area contributed by atoms with E-state index in [1.165, 1.54) is 0 Å². The van der Waals surface area contributed by atoms with Crippen molar-refractivity contribution in [3.63, 3.8) is 0 Å². The number of ether oxygens (including phenoxy) is 1. The van der Waals surface area contributed by atoms with Crippen molar-refractivity contribution in [1.82, 2.24) is 25.5 Å². The molecule has 0 atom stereocenters. The molecule has 6 nitrogen and oxygen atoms in total. The lowest BCUT2D eigenvalue weighted by Crippen LogP contribution is -3.00. The smallest absolute Gasteiger partial charge is 0.209 e. The van der Waals surface area contributed by atoms with Crippen molar-refractivity contribution >= 4 is 23.4 Å². The molecule has 3 aromatic rings. The molecule has 0 amide bonds. The number of halogens is 2. The first-order valence-electron chi connectivity index (χ1n) is 8.23. The Morgan fingerprint density at radius 2 is 1.93 bits per heavy atom. The Labute approximate surface area is 174 Å². The van der Waals surface area contributed by atoms with Crippen molar-refractivity contribution in [2.75, 3.05) is 12.3 Å². The number of hydrogen-bond acceptors (Lipinski definition) is 6. The van der Waals surface area contributed by atoms with Gasteiger partial charge in [-0.3, -0.25) is 0 Å². The van der Waals surface area contributed by atoms with E-state index in [4.69, 9.17) is 16.3 Å². The Morgan fingerprint density at radius 1 is 1.15 bits per heavy atom. The van der Waals surface area contributed by atoms with Crippen LogP contribution in [0.15, 0.2) is 53.7 Å². The van der Waals surface area contributed by atoms with Crippen molar-refractivity contribution in [2.24, 2.45) is 7.05 Å². The van der Waals surface area contributed by atoms with Crippen molar-refractivity contribution in [2.45, 2.75) is 18.3 Å². The Balaban J connectivity index is 0.00000261. The zero-order valence-corrected chi connectivity index (χ0v) is 17.1. The predicted octanol–water partition coefficient (Wildman–Crippen LogP) is 0.328. The van der Waals surface area contributed by atoms with Crippen LogP contribution in [0.25, 0.3) is 0 Å². The van der Waals surface area contributed by atoms with Gasteiger partial charge in [0.15, 0.2) is 0 Å². The van der Waals surface area contributed by atoms with Crippen molar-refractivity contribution in [3.05, 3.63) is 64.7 Å². The molecule has 9 heteroatoms. The zero-order chi connectivity index (χ0) is 18.2. The van der Waals surface area contributed by atoms with Crippen LogP contribution in [0.3, 0.4) is 0 Å². The molecule has 0 fully saturated rings. The van der Waals surface area contributed by atoms with Crippen molar-refractivity contribution in [1.29, 1.82) is 0 Å². The molecule has 1 heterocycles. The minimum absolute atomic E-state index is 0. The SMILES string of the molecule is Cn1nnnc1SCCNCc1ccccc1OCc1ccc(Cl)cc1.[Cl-]. The van der Waals surface area contributed by atoms with Gasteiger partial charge in [-0.1, -0.05) is 53.7 Å². The molecule has 0 saturated heterocycles. The standard InChI is InChI=1S/C18H20ClN5OS.ClH/c1-24-18(21-22-23-24)26-11-10-20-12-15-4-2-3-5-17(15)25-13-14-6-8-16(19)9-7-14;/h2-9,20H,10-13H2,1H3;1H/p-1. The summed E-state index contributed by atoms with van der Waals surface area (Å²) in [7, 11) is 1.84. The van der Waals surface area contributed by atoms with Crippen LogP contribution in [0.2, 0.25) is 5.02 Å². The van der Waals surface area contributed by atoms with E-state index in [0.29, 0.717) is 6.61 Å². The molecule has 3 rings (SSSR count). The van der Waals surface area contributed by atoms with E-state index in [-0.39, 0.29) is 12.4 Å². The molecule has 0 saturated carbocycles. The molecule has 0 spiro atoms. The summed E-state index contributed by atoms with van der Waals surface area (Å²) in [5.41, 5.74) is 2.22. The number of nitrogens with one attached hydrogen (secondary N) is 1. The molecule has 1 N–H and O–H groups in total. The lowest BCUT2D eigenvalue weighted by Gasteiger charge is -2.12. The molecule has 2 aromatic carbocycles. The summed E-state index contributed by atoms with van der Waals surface area (Å²) in [5.74, 6) is 1.78. The van der Waals surface area contributed by atoms with Gasteiger partial charge in [-0.25, -0.2) is 4.68 Å². The number of tetrazole rings is 1. The van der Waals surface area contributed by atoms with E-state index in [9.17, 15) is 0 Å². The molecular formula is C18H20Cl2N5OS-. The minimum atomic E-state index is 0. The molecule has 144 valence electrons. The van der Waals surface area contributed by atoms with Crippen molar-refractivity contribution < 1.29 is 17.1 Å². The van der Waals surface area contributed by atoms with Gasteiger partial charge in [0.25, 0.3) is 0 Å². The average molecular weight is 425 g/mol. The lowest BCUT2D eigenvalue weighted by molar-refractivity contribution is -0.00000573. The van der Waals surface area contributed by atoms with Gasteiger partial charge in [-0.15, -0.1) is 5.10 Å². The Morgan fingerprint density at radius 3 is 2.67 bits per heavy atom. The number of thioether (sulfide) groups is 1. The monoisotopic (exact) mass is 424 g/mol. The highest BCUT2D eigenvalue weighted by atomic mass is 35.5. The van der Waals surface area contributed by atoms with Crippen molar-refractivity contribution in [3.8, 4) is 5.75 Å². The maximum atomic E-state index is 5.98. The summed E-state index contributed by atoms with van der Waals surface area (Å²) in [6.07, 6.45) is 0. The second-order valence-electron chi connectivity index (χ2n) is 5.63. The topological polar surface area (TPSA) is 64.9 Å². The first-order chi connectivity index (χ1) is 12.7. The van der Waals surface area contributed by atoms with Crippen LogP contribution in [0, 0.1) is 0 Å². The fourth-order valence-corrected chi connectivity index (χ4v) is 3.19. The van der Waals surface area contributed by atoms with Gasteiger partial charge in [0.2, 0.25) is 5.16 Å². The van der Waals surface area contributed by atoms with Gasteiger partial charge in [-0.05, 0) is 34.2 Å². The summed E-state index contributed by atoms with van der Waals surface area (Å²) < 4.78 is 7.65. The number of nitrogens with zero attached hydrogens (tertiary/aromatic N) is 4. The van der Waals surface area contributed by atoms with Crippen LogP contribution in [-0.2, 0) is 20.2 Å². The Hall–Kier alpha value is -1.80. The molecule has 0 aliphatic rings. The van der Waals surface area contributed by atoms with Crippen LogP contribution < -0.4 is 22.5 Å². The number of aryl methyl sites for hydroxylation is 1. The number of para-hydroxylation sites is 1. The Bertz CT molecular complexity index is 829. The molecule has 27 heavy (non-hydrogen) atoms. The molecule has 0 unspecified atom stereocenters. The van der Waals surface area contributed by atoms with E-state index in [2.05, 4.69) is 26.9 Å². The number of aromatic nitrogens is 4. The fourth-order valence-electron chi connectivity index (χ4n) is 2.31. The van der Waals surface area contributed by atoms with E-state index in [0.717, 1.165) is 45.9 Å². The second-order valence-corrected chi connectivity index (χ2v) is 7.13. The van der Waals surface area contributed by atoms with Gasteiger partial charge < -0.3 is 22.5 Å². The van der Waals surface area contributed by atoms with E-state index >= 15 is 0 Å². The third-order valence-electron chi connectivity index (χ3n) is 3.69. The molecule has 1 aromatic heterocycles. The van der Waals surface area contributed by atoms with Gasteiger partial charge >= 0.3 is 0 Å². The third kappa shape index (κ3) is 6.70. The van der Waals surface area contributed by atoms with E-state index in [1.54, 1.807) is 16.4 Å². The summed E-state index contributed by atoms with van der Waals surface area (Å²) >= 11 is 7.54. The highest BCUT2D eigenvalue weighted by molar-refractivity contribution is 7.99. The first-order valence-corrected chi connectivity index (χ1v) is 9.60. The first kappa shape index (κ1) is 21.5. The number of rotatable bonds is 9. The molecule has 0 aliphatic heterocycles. The van der Waals surface area contributed by atoms with E-state index < -0.39 is 0 Å². The molecule has 0 bridgehead atoms. The number of hydrogen-bond donors (Lipinski definition) is 1. The van der Waals surface area contributed by atoms with Crippen LogP contribution in [0.1, 0.15) is 11.1 Å². The lowest BCUT2D eigenvalue weighted by atomic mass is 10.2. The largest absolute Gasteiger partial charge is 1.00 e. The highest BCUT2D eigenvalue weighted by Gasteiger charge is 2.05. The molecule has 0 radical (unpaired) electrons. The zero-order valence-electron chi connectivity index (χ0n) is 14.8. The summed E-state index contributed by atoms with van der Waals surface area (Å²) in [4.78, 5) is 0. The molecule has 0 aliphatic carbocycles. The number of benzene rings is 2. The quantitative estimate of drug-likeness (QED) is 0.394. The maximum absolute atomic E-state index is 5.98. The van der Waals surface area contributed by atoms with Gasteiger partial charge in [0, 0.05) is 36.5 Å². The van der Waals surface area contributed by atoms with Gasteiger partial charge in [0.05, 0.1) is 0 Å². The maximum Gasteiger partial charge on any atom is 0.209 e. The van der Waals surface area contributed by atoms with Crippen LogP contribution in [0.5, 0.6) is 5.75 Å². The van der Waals surface area contributed by atoms with Crippen LogP contribution in [-0.4, -0.2) is 32.5 Å². The highest BCUT2D eigenvalue weighted by Crippen LogP contribution is 2.20. The summed E-state index contributed by atoms with van der Waals surface area (Å²) in [5, 5.41) is 16.4. The summed E-state index contributed by atoms with van der Waals surface area (Å²) in [6.45, 7) is 2.11. The minimum Gasteiger partial charge on any atom is -1.00 e. The fraction of sp³-hybridized carbons (Fsp3) is 0.278.